The number of hydrogen-bond donors (Lipinski definition) is 2. The minimum absolute atomic E-state index is 0.481. The second kappa shape index (κ2) is 3.11. The van der Waals surface area contributed by atoms with Gasteiger partial charge in [0.05, 0.1) is 0 Å². The Hall–Kier alpha value is -0.0800. The first-order valence-corrected chi connectivity index (χ1v) is 4.49. The van der Waals surface area contributed by atoms with Gasteiger partial charge in [-0.3, -0.25) is 11.3 Å². The highest BCUT2D eigenvalue weighted by Gasteiger charge is 2.31. The van der Waals surface area contributed by atoms with E-state index < -0.39 is 0 Å². The van der Waals surface area contributed by atoms with Gasteiger partial charge in [-0.25, -0.2) is 0 Å². The molecule has 66 valence electrons. The van der Waals surface area contributed by atoms with E-state index in [4.69, 9.17) is 5.84 Å². The van der Waals surface area contributed by atoms with Crippen LogP contribution in [-0.4, -0.2) is 6.04 Å². The average molecular weight is 156 g/mol. The molecule has 0 radical (unpaired) electrons. The molecule has 3 N–H and O–H groups in total. The summed E-state index contributed by atoms with van der Waals surface area (Å²) < 4.78 is 0. The van der Waals surface area contributed by atoms with Gasteiger partial charge in [-0.1, -0.05) is 20.8 Å². The summed E-state index contributed by atoms with van der Waals surface area (Å²) in [6, 6.07) is 0.536. The fraction of sp³-hybridized carbons (Fsp3) is 1.00. The normalized spacial score (nSPS) is 37.1. The maximum Gasteiger partial charge on any atom is 0.0218 e. The molecule has 0 heterocycles. The summed E-state index contributed by atoms with van der Waals surface area (Å²) in [4.78, 5) is 0. The number of hydrogen-bond acceptors (Lipinski definition) is 2. The molecule has 2 heteroatoms. The predicted octanol–water partition coefficient (Wildman–Crippen LogP) is 1.66. The van der Waals surface area contributed by atoms with E-state index in [1.807, 2.05) is 0 Å². The molecule has 1 saturated carbocycles. The average Bonchev–Trinajstić information content (AvgIpc) is 1.83. The van der Waals surface area contributed by atoms with Crippen LogP contribution >= 0.6 is 0 Å². The number of nitrogens with two attached hydrogens (primary N) is 1. The minimum Gasteiger partial charge on any atom is -0.271 e. The maximum absolute atomic E-state index is 5.44. The van der Waals surface area contributed by atoms with E-state index in [9.17, 15) is 0 Å². The molecule has 0 aromatic carbocycles. The number of hydrazine groups is 1. The van der Waals surface area contributed by atoms with Crippen LogP contribution in [0.3, 0.4) is 0 Å². The van der Waals surface area contributed by atoms with E-state index >= 15 is 0 Å². The minimum atomic E-state index is 0.481. The van der Waals surface area contributed by atoms with Crippen LogP contribution in [0.4, 0.5) is 0 Å². The molecular weight excluding hydrogens is 136 g/mol. The molecule has 11 heavy (non-hydrogen) atoms. The van der Waals surface area contributed by atoms with Crippen molar-refractivity contribution in [3.05, 3.63) is 0 Å². The van der Waals surface area contributed by atoms with Crippen molar-refractivity contribution in [3.8, 4) is 0 Å². The van der Waals surface area contributed by atoms with Crippen molar-refractivity contribution < 1.29 is 0 Å². The highest BCUT2D eigenvalue weighted by atomic mass is 15.2. The van der Waals surface area contributed by atoms with Crippen LogP contribution in [0.25, 0.3) is 0 Å². The molecule has 0 aromatic heterocycles. The highest BCUT2D eigenvalue weighted by Crippen LogP contribution is 2.38. The monoisotopic (exact) mass is 156 g/mol. The lowest BCUT2D eigenvalue weighted by Gasteiger charge is -2.38. The van der Waals surface area contributed by atoms with Crippen LogP contribution < -0.4 is 11.3 Å². The SMILES string of the molecule is C[C@H]1C[C@@H](NN)CC(C)(C)C1. The van der Waals surface area contributed by atoms with Gasteiger partial charge in [-0.2, -0.15) is 0 Å². The van der Waals surface area contributed by atoms with Crippen molar-refractivity contribution in [1.82, 2.24) is 5.43 Å². The van der Waals surface area contributed by atoms with Gasteiger partial charge in [-0.15, -0.1) is 0 Å². The molecule has 2 nitrogen and oxygen atoms in total. The van der Waals surface area contributed by atoms with Crippen LogP contribution in [0.5, 0.6) is 0 Å². The van der Waals surface area contributed by atoms with Crippen LogP contribution in [0, 0.1) is 11.3 Å². The Labute approximate surface area is 69.5 Å². The van der Waals surface area contributed by atoms with E-state index in [-0.39, 0.29) is 0 Å². The van der Waals surface area contributed by atoms with E-state index in [0.29, 0.717) is 11.5 Å². The van der Waals surface area contributed by atoms with Crippen LogP contribution in [0.1, 0.15) is 40.0 Å². The van der Waals surface area contributed by atoms with Gasteiger partial charge < -0.3 is 0 Å². The maximum atomic E-state index is 5.44. The van der Waals surface area contributed by atoms with Crippen molar-refractivity contribution in [2.24, 2.45) is 17.2 Å². The summed E-state index contributed by atoms with van der Waals surface area (Å²) in [7, 11) is 0. The highest BCUT2D eigenvalue weighted by molar-refractivity contribution is 4.85. The quantitative estimate of drug-likeness (QED) is 0.447. The van der Waals surface area contributed by atoms with Crippen molar-refractivity contribution in [2.75, 3.05) is 0 Å². The van der Waals surface area contributed by atoms with E-state index in [2.05, 4.69) is 26.2 Å². The molecule has 0 spiro atoms. The van der Waals surface area contributed by atoms with Gasteiger partial charge in [0.1, 0.15) is 0 Å². The molecule has 0 saturated heterocycles. The third kappa shape index (κ3) is 2.46. The van der Waals surface area contributed by atoms with Crippen molar-refractivity contribution in [3.63, 3.8) is 0 Å². The molecular formula is C9H20N2. The summed E-state index contributed by atoms with van der Waals surface area (Å²) >= 11 is 0. The van der Waals surface area contributed by atoms with Gasteiger partial charge in [0.15, 0.2) is 0 Å². The second-order valence-corrected chi connectivity index (χ2v) is 4.78. The summed E-state index contributed by atoms with van der Waals surface area (Å²) in [5, 5.41) is 0. The Balaban J connectivity index is 2.51. The van der Waals surface area contributed by atoms with Crippen LogP contribution in [0.2, 0.25) is 0 Å². The zero-order chi connectivity index (χ0) is 8.48. The summed E-state index contributed by atoms with van der Waals surface area (Å²) in [5.41, 5.74) is 3.37. The van der Waals surface area contributed by atoms with Crippen molar-refractivity contribution in [2.45, 2.75) is 46.1 Å². The number of nitrogens with one attached hydrogen (secondary N) is 1. The van der Waals surface area contributed by atoms with Crippen molar-refractivity contribution in [1.29, 1.82) is 0 Å². The standard InChI is InChI=1S/C9H20N2/c1-7-4-8(11-10)6-9(2,3)5-7/h7-8,11H,4-6,10H2,1-3H3/t7-,8+/m0/s1. The van der Waals surface area contributed by atoms with Crippen molar-refractivity contribution >= 4 is 0 Å². The van der Waals surface area contributed by atoms with Crippen LogP contribution in [0.15, 0.2) is 0 Å². The first-order valence-electron chi connectivity index (χ1n) is 4.49. The lowest BCUT2D eigenvalue weighted by atomic mass is 9.71. The lowest BCUT2D eigenvalue weighted by Crippen LogP contribution is -2.43. The molecule has 1 rings (SSSR count). The fourth-order valence-corrected chi connectivity index (χ4v) is 2.47. The summed E-state index contributed by atoms with van der Waals surface area (Å²) in [6.07, 6.45) is 3.79. The molecule has 2 atom stereocenters. The van der Waals surface area contributed by atoms with E-state index in [0.717, 1.165) is 5.92 Å². The number of rotatable bonds is 1. The molecule has 1 fully saturated rings. The van der Waals surface area contributed by atoms with Gasteiger partial charge >= 0.3 is 0 Å². The topological polar surface area (TPSA) is 38.0 Å². The Kier molecular flexibility index (Phi) is 2.55. The van der Waals surface area contributed by atoms with Gasteiger partial charge in [0.2, 0.25) is 0 Å². The van der Waals surface area contributed by atoms with Crippen LogP contribution in [-0.2, 0) is 0 Å². The molecule has 0 aliphatic heterocycles. The first-order chi connectivity index (χ1) is 5.03. The molecule has 0 unspecified atom stereocenters. The van der Waals surface area contributed by atoms with E-state index in [1.54, 1.807) is 0 Å². The zero-order valence-electron chi connectivity index (χ0n) is 7.85. The molecule has 0 bridgehead atoms. The molecule has 1 aliphatic rings. The summed E-state index contributed by atoms with van der Waals surface area (Å²) in [6.45, 7) is 6.96. The first kappa shape index (κ1) is 9.01. The second-order valence-electron chi connectivity index (χ2n) is 4.78. The summed E-state index contributed by atoms with van der Waals surface area (Å²) in [5.74, 6) is 6.26. The van der Waals surface area contributed by atoms with E-state index in [1.165, 1.54) is 19.3 Å². The lowest BCUT2D eigenvalue weighted by molar-refractivity contribution is 0.152. The smallest absolute Gasteiger partial charge is 0.0218 e. The third-order valence-corrected chi connectivity index (χ3v) is 2.62. The Morgan fingerprint density at radius 1 is 1.36 bits per heavy atom. The largest absolute Gasteiger partial charge is 0.271 e. The Bertz CT molecular complexity index is 132. The fourth-order valence-electron chi connectivity index (χ4n) is 2.47. The molecule has 0 aromatic rings. The molecule has 0 amide bonds. The van der Waals surface area contributed by atoms with Gasteiger partial charge in [0.25, 0.3) is 0 Å². The van der Waals surface area contributed by atoms with Gasteiger partial charge in [0, 0.05) is 6.04 Å². The van der Waals surface area contributed by atoms with Gasteiger partial charge in [-0.05, 0) is 30.6 Å². The molecule has 1 aliphatic carbocycles. The third-order valence-electron chi connectivity index (χ3n) is 2.62. The predicted molar refractivity (Wildman–Crippen MR) is 47.9 cm³/mol. The Morgan fingerprint density at radius 3 is 2.45 bits per heavy atom. The zero-order valence-corrected chi connectivity index (χ0v) is 7.85. The Morgan fingerprint density at radius 2 is 2.00 bits per heavy atom.